The second-order valence-electron chi connectivity index (χ2n) is 7.73. The smallest absolute Gasteiger partial charge is 0.275 e. The fourth-order valence-corrected chi connectivity index (χ4v) is 2.81. The molecule has 0 aliphatic carbocycles. The Bertz CT molecular complexity index is 728. The Balaban J connectivity index is 1.90. The van der Waals surface area contributed by atoms with E-state index in [1.807, 2.05) is 65.0 Å². The van der Waals surface area contributed by atoms with Crippen molar-refractivity contribution in [2.75, 3.05) is 19.6 Å². The number of benzene rings is 1. The molecule has 6 nitrogen and oxygen atoms in total. The molecule has 2 aromatic rings. The third-order valence-electron chi connectivity index (χ3n) is 4.08. The minimum atomic E-state index is -0.270. The molecule has 26 heavy (non-hydrogen) atoms. The van der Waals surface area contributed by atoms with Gasteiger partial charge in [-0.3, -0.25) is 9.59 Å². The summed E-state index contributed by atoms with van der Waals surface area (Å²) in [6.45, 7) is 10.9. The van der Waals surface area contributed by atoms with Crippen LogP contribution in [0, 0.1) is 0 Å². The molecule has 0 fully saturated rings. The molecule has 0 radical (unpaired) electrons. The highest BCUT2D eigenvalue weighted by atomic mass is 16.3. The molecule has 1 aromatic carbocycles. The van der Waals surface area contributed by atoms with Crippen LogP contribution in [0.15, 0.2) is 34.7 Å². The molecule has 1 heterocycles. The maximum Gasteiger partial charge on any atom is 0.275 e. The molecule has 2 atom stereocenters. The van der Waals surface area contributed by atoms with Gasteiger partial charge in [-0.1, -0.05) is 18.2 Å². The van der Waals surface area contributed by atoms with E-state index in [2.05, 4.69) is 10.6 Å². The van der Waals surface area contributed by atoms with Crippen LogP contribution in [0.2, 0.25) is 0 Å². The van der Waals surface area contributed by atoms with Crippen LogP contribution in [0.4, 0.5) is 0 Å². The van der Waals surface area contributed by atoms with Gasteiger partial charge >= 0.3 is 0 Å². The van der Waals surface area contributed by atoms with Crippen LogP contribution in [0.5, 0.6) is 0 Å². The van der Waals surface area contributed by atoms with E-state index < -0.39 is 0 Å². The van der Waals surface area contributed by atoms with E-state index >= 15 is 0 Å². The van der Waals surface area contributed by atoms with E-state index in [0.717, 1.165) is 21.6 Å². The molecule has 0 saturated carbocycles. The van der Waals surface area contributed by atoms with Gasteiger partial charge in [-0.2, -0.15) is 0 Å². The highest BCUT2D eigenvalue weighted by molar-refractivity contribution is 5.80. The molecule has 0 saturated heterocycles. The van der Waals surface area contributed by atoms with Gasteiger partial charge in [-0.15, -0.1) is 0 Å². The summed E-state index contributed by atoms with van der Waals surface area (Å²) in [4.78, 5) is 25.4. The lowest BCUT2D eigenvalue weighted by atomic mass is 10.1. The molecular formula is C20H30N3O3+. The zero-order valence-electron chi connectivity index (χ0n) is 16.3. The summed E-state index contributed by atoms with van der Waals surface area (Å²) in [5.74, 6) is 0.578. The second kappa shape index (κ2) is 8.36. The van der Waals surface area contributed by atoms with Crippen LogP contribution in [0.1, 0.15) is 46.4 Å². The van der Waals surface area contributed by atoms with Gasteiger partial charge in [-0.25, -0.2) is 0 Å². The van der Waals surface area contributed by atoms with Gasteiger partial charge in [0.05, 0.1) is 12.6 Å². The van der Waals surface area contributed by atoms with E-state index in [-0.39, 0.29) is 36.5 Å². The third-order valence-corrected chi connectivity index (χ3v) is 4.08. The predicted octanol–water partition coefficient (Wildman–Crippen LogP) is 1.43. The summed E-state index contributed by atoms with van der Waals surface area (Å²) in [5, 5.41) is 6.91. The van der Waals surface area contributed by atoms with Crippen molar-refractivity contribution in [3.05, 3.63) is 36.1 Å². The van der Waals surface area contributed by atoms with Gasteiger partial charge in [0.25, 0.3) is 11.8 Å². The summed E-state index contributed by atoms with van der Waals surface area (Å²) in [6, 6.07) is 9.48. The highest BCUT2D eigenvalue weighted by Crippen LogP contribution is 2.23. The van der Waals surface area contributed by atoms with Crippen LogP contribution in [0.3, 0.4) is 0 Å². The summed E-state index contributed by atoms with van der Waals surface area (Å²) in [7, 11) is 0. The van der Waals surface area contributed by atoms with E-state index in [4.69, 9.17) is 4.42 Å². The Kier molecular flexibility index (Phi) is 6.42. The van der Waals surface area contributed by atoms with Crippen molar-refractivity contribution in [3.63, 3.8) is 0 Å². The Labute approximate surface area is 154 Å². The lowest BCUT2D eigenvalue weighted by Crippen LogP contribution is -3.14. The molecule has 0 aliphatic rings. The normalized spacial score (nSPS) is 14.0. The number of fused-ring (bicyclic) bond motifs is 1. The lowest BCUT2D eigenvalue weighted by molar-refractivity contribution is -0.881. The quantitative estimate of drug-likeness (QED) is 0.699. The first-order chi connectivity index (χ1) is 12.2. The van der Waals surface area contributed by atoms with Crippen molar-refractivity contribution >= 4 is 22.8 Å². The van der Waals surface area contributed by atoms with Gasteiger partial charge in [0.15, 0.2) is 13.1 Å². The molecule has 2 amide bonds. The zero-order valence-corrected chi connectivity index (χ0v) is 16.3. The second-order valence-corrected chi connectivity index (χ2v) is 7.73. The molecule has 1 unspecified atom stereocenters. The predicted molar refractivity (Wildman–Crippen MR) is 102 cm³/mol. The van der Waals surface area contributed by atoms with Crippen LogP contribution in [-0.2, 0) is 9.59 Å². The number of nitrogens with one attached hydrogen (secondary N) is 3. The van der Waals surface area contributed by atoms with Crippen molar-refractivity contribution in [1.29, 1.82) is 0 Å². The van der Waals surface area contributed by atoms with E-state index in [1.54, 1.807) is 0 Å². The Morgan fingerprint density at radius 1 is 1.15 bits per heavy atom. The van der Waals surface area contributed by atoms with Crippen LogP contribution < -0.4 is 15.5 Å². The Morgan fingerprint density at radius 2 is 1.81 bits per heavy atom. The molecule has 1 aromatic heterocycles. The largest absolute Gasteiger partial charge is 0.459 e. The number of hydrogen-bond donors (Lipinski definition) is 3. The van der Waals surface area contributed by atoms with Gasteiger partial charge in [-0.05, 0) is 46.8 Å². The molecule has 0 spiro atoms. The number of carbonyl (C=O) groups excluding carboxylic acids is 2. The van der Waals surface area contributed by atoms with Crippen LogP contribution >= 0.6 is 0 Å². The van der Waals surface area contributed by atoms with Crippen LogP contribution in [0.25, 0.3) is 11.0 Å². The Morgan fingerprint density at radius 3 is 2.42 bits per heavy atom. The van der Waals surface area contributed by atoms with Crippen LogP contribution in [-0.4, -0.2) is 37.0 Å². The van der Waals surface area contributed by atoms with Crippen molar-refractivity contribution in [2.45, 2.75) is 46.2 Å². The molecule has 3 N–H and O–H groups in total. The van der Waals surface area contributed by atoms with Gasteiger partial charge in [0.1, 0.15) is 11.3 Å². The maximum absolute atomic E-state index is 12.4. The zero-order chi connectivity index (χ0) is 19.3. The number of carbonyl (C=O) groups is 2. The number of likely N-dealkylation sites (N-methyl/N-ethyl adjacent to an activating group) is 1. The first kappa shape index (κ1) is 20.0. The minimum Gasteiger partial charge on any atom is -0.459 e. The first-order valence-electron chi connectivity index (χ1n) is 9.10. The molecule has 0 bridgehead atoms. The average molecular weight is 360 g/mol. The summed E-state index contributed by atoms with van der Waals surface area (Å²) >= 11 is 0. The number of rotatable bonds is 7. The molecule has 142 valence electrons. The fourth-order valence-electron chi connectivity index (χ4n) is 2.81. The van der Waals surface area contributed by atoms with Crippen molar-refractivity contribution in [1.82, 2.24) is 10.6 Å². The average Bonchev–Trinajstić information content (AvgIpc) is 2.96. The molecule has 2 rings (SSSR count). The number of para-hydroxylation sites is 1. The highest BCUT2D eigenvalue weighted by Gasteiger charge is 2.22. The SMILES string of the molecule is CC[NH+](CC(=O)N[C@@H](C)c1cc2ccccc2o1)CC(=O)NC(C)(C)C. The summed E-state index contributed by atoms with van der Waals surface area (Å²) in [5.41, 5.74) is 0.539. The monoisotopic (exact) mass is 360 g/mol. The van der Waals surface area contributed by atoms with Crippen molar-refractivity contribution < 1.29 is 18.9 Å². The summed E-state index contributed by atoms with van der Waals surface area (Å²) < 4.78 is 5.80. The van der Waals surface area contributed by atoms with Crippen molar-refractivity contribution in [3.8, 4) is 0 Å². The van der Waals surface area contributed by atoms with Gasteiger partial charge in [0.2, 0.25) is 0 Å². The van der Waals surface area contributed by atoms with E-state index in [0.29, 0.717) is 6.54 Å². The summed E-state index contributed by atoms with van der Waals surface area (Å²) in [6.07, 6.45) is 0. The van der Waals surface area contributed by atoms with E-state index in [9.17, 15) is 9.59 Å². The topological polar surface area (TPSA) is 75.8 Å². The standard InChI is InChI=1S/C20H29N3O3/c1-6-23(13-19(25)22-20(3,4)5)12-18(24)21-14(2)17-11-15-9-7-8-10-16(15)26-17/h7-11,14H,6,12-13H2,1-5H3,(H,21,24)(H,22,25)/p+1/t14-/m0/s1. The minimum absolute atomic E-state index is 0.0486. The lowest BCUT2D eigenvalue weighted by Gasteiger charge is -2.23. The first-order valence-corrected chi connectivity index (χ1v) is 9.10. The number of furan rings is 1. The molecule has 0 aliphatic heterocycles. The molecule has 6 heteroatoms. The number of hydrogen-bond acceptors (Lipinski definition) is 3. The van der Waals surface area contributed by atoms with Gasteiger partial charge in [0, 0.05) is 10.9 Å². The van der Waals surface area contributed by atoms with E-state index in [1.165, 1.54) is 0 Å². The van der Waals surface area contributed by atoms with Crippen molar-refractivity contribution in [2.24, 2.45) is 0 Å². The Hall–Kier alpha value is -2.34. The van der Waals surface area contributed by atoms with Gasteiger partial charge < -0.3 is 20.0 Å². The molecular weight excluding hydrogens is 330 g/mol. The number of quaternary nitrogens is 1. The fraction of sp³-hybridized carbons (Fsp3) is 0.500. The maximum atomic E-state index is 12.4. The number of amides is 2. The third kappa shape index (κ3) is 5.88.